The van der Waals surface area contributed by atoms with E-state index in [1.165, 1.54) is 11.8 Å². The van der Waals surface area contributed by atoms with Crippen LogP contribution in [0.2, 0.25) is 0 Å². The van der Waals surface area contributed by atoms with Crippen molar-refractivity contribution < 1.29 is 9.53 Å². The maximum Gasteiger partial charge on any atom is 0.191 e. The molecule has 0 amide bonds. The maximum absolute atomic E-state index is 12.3. The van der Waals surface area contributed by atoms with Gasteiger partial charge in [0.15, 0.2) is 10.9 Å². The second-order valence-electron chi connectivity index (χ2n) is 4.60. The molecule has 1 aromatic heterocycles. The average Bonchev–Trinajstić information content (AvgIpc) is 2.95. The molecule has 1 aromatic carbocycles. The van der Waals surface area contributed by atoms with Gasteiger partial charge < -0.3 is 9.30 Å². The number of ketones is 1. The Morgan fingerprint density at radius 2 is 2.27 bits per heavy atom. The lowest BCUT2D eigenvalue weighted by molar-refractivity contribution is 0.102. The number of rotatable bonds is 8. The first-order valence-corrected chi connectivity index (χ1v) is 8.01. The molecule has 0 N–H and O–H groups in total. The highest BCUT2D eigenvalue weighted by Gasteiger charge is 2.13. The minimum atomic E-state index is 0.0371. The molecule has 0 radical (unpaired) electrons. The molecule has 0 aliphatic carbocycles. The van der Waals surface area contributed by atoms with E-state index in [1.54, 1.807) is 25.3 Å². The van der Waals surface area contributed by atoms with Crippen LogP contribution in [0.15, 0.2) is 42.1 Å². The largest absolute Gasteiger partial charge is 0.497 e. The molecule has 0 saturated carbocycles. The van der Waals surface area contributed by atoms with Gasteiger partial charge in [-0.15, -0.1) is 16.8 Å². The molecule has 0 atom stereocenters. The third-order valence-corrected chi connectivity index (χ3v) is 4.11. The van der Waals surface area contributed by atoms with Crippen molar-refractivity contribution in [1.29, 1.82) is 0 Å². The summed E-state index contributed by atoms with van der Waals surface area (Å²) in [5.41, 5.74) is 0.636. The third kappa shape index (κ3) is 3.76. The summed E-state index contributed by atoms with van der Waals surface area (Å²) in [4.78, 5) is 12.3. The lowest BCUT2D eigenvalue weighted by atomic mass is 10.1. The fraction of sp³-hybridized carbons (Fsp3) is 0.312. The SMILES string of the molecule is C=CCn1c(CC)nnc1SCC(=O)c1cccc(OC)c1. The monoisotopic (exact) mass is 317 g/mol. The molecule has 22 heavy (non-hydrogen) atoms. The van der Waals surface area contributed by atoms with Crippen molar-refractivity contribution in [1.82, 2.24) is 14.8 Å². The second kappa shape index (κ2) is 7.79. The fourth-order valence-corrected chi connectivity index (χ4v) is 2.87. The van der Waals surface area contributed by atoms with Crippen LogP contribution >= 0.6 is 11.8 Å². The minimum Gasteiger partial charge on any atom is -0.497 e. The van der Waals surface area contributed by atoms with Crippen LogP contribution in [0, 0.1) is 0 Å². The molecule has 0 fully saturated rings. The standard InChI is InChI=1S/C16H19N3O2S/c1-4-9-19-15(5-2)17-18-16(19)22-11-14(20)12-7-6-8-13(10-12)21-3/h4,6-8,10H,1,5,9,11H2,2-3H3. The van der Waals surface area contributed by atoms with Crippen LogP contribution in [0.25, 0.3) is 0 Å². The average molecular weight is 317 g/mol. The number of hydrogen-bond donors (Lipinski definition) is 0. The summed E-state index contributed by atoms with van der Waals surface area (Å²) in [7, 11) is 1.59. The highest BCUT2D eigenvalue weighted by Crippen LogP contribution is 2.20. The number of Topliss-reactive ketones (excluding diaryl/α,β-unsaturated/α-hetero) is 1. The molecule has 0 unspecified atom stereocenters. The number of methoxy groups -OCH3 is 1. The van der Waals surface area contributed by atoms with Gasteiger partial charge in [0.1, 0.15) is 11.6 Å². The molecule has 0 aliphatic rings. The van der Waals surface area contributed by atoms with Crippen LogP contribution < -0.4 is 4.74 Å². The number of carbonyl (C=O) groups excluding carboxylic acids is 1. The van der Waals surface area contributed by atoms with Crippen LogP contribution in [0.3, 0.4) is 0 Å². The van der Waals surface area contributed by atoms with Gasteiger partial charge in [-0.2, -0.15) is 0 Å². The van der Waals surface area contributed by atoms with E-state index >= 15 is 0 Å². The van der Waals surface area contributed by atoms with Crippen LogP contribution in [-0.4, -0.2) is 33.4 Å². The summed E-state index contributed by atoms with van der Waals surface area (Å²) in [5, 5.41) is 9.04. The lowest BCUT2D eigenvalue weighted by Gasteiger charge is -2.06. The lowest BCUT2D eigenvalue weighted by Crippen LogP contribution is -2.06. The first-order valence-electron chi connectivity index (χ1n) is 7.02. The van der Waals surface area contributed by atoms with E-state index < -0.39 is 0 Å². The summed E-state index contributed by atoms with van der Waals surface area (Å²) in [5.74, 6) is 1.93. The topological polar surface area (TPSA) is 57.0 Å². The molecule has 5 nitrogen and oxygen atoms in total. The highest BCUT2D eigenvalue weighted by atomic mass is 32.2. The number of benzene rings is 1. The van der Waals surface area contributed by atoms with Crippen LogP contribution in [0.5, 0.6) is 5.75 Å². The summed E-state index contributed by atoms with van der Waals surface area (Å²) in [6.45, 7) is 6.42. The summed E-state index contributed by atoms with van der Waals surface area (Å²) >= 11 is 1.39. The zero-order valence-corrected chi connectivity index (χ0v) is 13.6. The molecular formula is C16H19N3O2S. The van der Waals surface area contributed by atoms with E-state index in [0.29, 0.717) is 23.6 Å². The van der Waals surface area contributed by atoms with Gasteiger partial charge in [-0.05, 0) is 12.1 Å². The van der Waals surface area contributed by atoms with E-state index in [2.05, 4.69) is 16.8 Å². The normalized spacial score (nSPS) is 10.5. The Hall–Kier alpha value is -2.08. The Labute approximate surface area is 134 Å². The quantitative estimate of drug-likeness (QED) is 0.425. The van der Waals surface area contributed by atoms with Gasteiger partial charge in [-0.3, -0.25) is 4.79 Å². The van der Waals surface area contributed by atoms with Gasteiger partial charge >= 0.3 is 0 Å². The Bertz CT molecular complexity index is 667. The van der Waals surface area contributed by atoms with Crippen molar-refractivity contribution in [2.45, 2.75) is 25.0 Å². The molecular weight excluding hydrogens is 298 g/mol. The minimum absolute atomic E-state index is 0.0371. The zero-order chi connectivity index (χ0) is 15.9. The zero-order valence-electron chi connectivity index (χ0n) is 12.8. The highest BCUT2D eigenvalue weighted by molar-refractivity contribution is 7.99. The molecule has 0 saturated heterocycles. The number of allylic oxidation sites excluding steroid dienone is 1. The maximum atomic E-state index is 12.3. The van der Waals surface area contributed by atoms with Gasteiger partial charge in [-0.1, -0.05) is 36.9 Å². The van der Waals surface area contributed by atoms with Crippen molar-refractivity contribution in [2.24, 2.45) is 0 Å². The first kappa shape index (κ1) is 16.3. The van der Waals surface area contributed by atoms with E-state index in [9.17, 15) is 4.79 Å². The summed E-state index contributed by atoms with van der Waals surface area (Å²) < 4.78 is 7.12. The number of carbonyl (C=O) groups is 1. The van der Waals surface area contributed by atoms with Crippen molar-refractivity contribution in [3.63, 3.8) is 0 Å². The Kier molecular flexibility index (Phi) is 5.77. The number of ether oxygens (including phenoxy) is 1. The smallest absolute Gasteiger partial charge is 0.191 e. The number of aromatic nitrogens is 3. The Morgan fingerprint density at radius 3 is 2.95 bits per heavy atom. The van der Waals surface area contributed by atoms with E-state index in [-0.39, 0.29) is 5.78 Å². The number of hydrogen-bond acceptors (Lipinski definition) is 5. The predicted molar refractivity (Wildman–Crippen MR) is 87.6 cm³/mol. The molecule has 116 valence electrons. The molecule has 1 heterocycles. The van der Waals surface area contributed by atoms with Gasteiger partial charge in [-0.25, -0.2) is 0 Å². The molecule has 2 rings (SSSR count). The van der Waals surface area contributed by atoms with Crippen molar-refractivity contribution in [3.8, 4) is 5.75 Å². The Balaban J connectivity index is 2.07. The predicted octanol–water partition coefficient (Wildman–Crippen LogP) is 3.01. The summed E-state index contributed by atoms with van der Waals surface area (Å²) in [6, 6.07) is 7.16. The second-order valence-corrected chi connectivity index (χ2v) is 5.54. The number of nitrogens with zero attached hydrogens (tertiary/aromatic N) is 3. The van der Waals surface area contributed by atoms with Crippen molar-refractivity contribution >= 4 is 17.5 Å². The first-order chi connectivity index (χ1) is 10.7. The van der Waals surface area contributed by atoms with Gasteiger partial charge in [0, 0.05) is 18.5 Å². The van der Waals surface area contributed by atoms with Crippen molar-refractivity contribution in [2.75, 3.05) is 12.9 Å². The van der Waals surface area contributed by atoms with Crippen molar-refractivity contribution in [3.05, 3.63) is 48.3 Å². The molecule has 0 spiro atoms. The molecule has 0 aliphatic heterocycles. The van der Waals surface area contributed by atoms with Gasteiger partial charge in [0.05, 0.1) is 12.9 Å². The van der Waals surface area contributed by atoms with E-state index in [0.717, 1.165) is 17.4 Å². The Morgan fingerprint density at radius 1 is 1.45 bits per heavy atom. The van der Waals surface area contributed by atoms with Crippen LogP contribution in [0.4, 0.5) is 0 Å². The number of aryl methyl sites for hydroxylation is 1. The van der Waals surface area contributed by atoms with Gasteiger partial charge in [0.2, 0.25) is 0 Å². The number of thioether (sulfide) groups is 1. The third-order valence-electron chi connectivity index (χ3n) is 3.15. The summed E-state index contributed by atoms with van der Waals surface area (Å²) in [6.07, 6.45) is 2.60. The molecule has 2 aromatic rings. The van der Waals surface area contributed by atoms with Crippen LogP contribution in [-0.2, 0) is 13.0 Å². The fourth-order valence-electron chi connectivity index (χ4n) is 2.01. The van der Waals surface area contributed by atoms with E-state index in [4.69, 9.17) is 4.74 Å². The van der Waals surface area contributed by atoms with E-state index in [1.807, 2.05) is 23.6 Å². The van der Waals surface area contributed by atoms with Gasteiger partial charge in [0.25, 0.3) is 0 Å². The molecule has 6 heteroatoms. The molecule has 0 bridgehead atoms. The van der Waals surface area contributed by atoms with Crippen LogP contribution in [0.1, 0.15) is 23.1 Å².